The van der Waals surface area contributed by atoms with Crippen LogP contribution in [0.25, 0.3) is 0 Å². The van der Waals surface area contributed by atoms with Crippen LogP contribution in [-0.2, 0) is 9.53 Å². The van der Waals surface area contributed by atoms with Gasteiger partial charge in [0.2, 0.25) is 5.91 Å². The lowest BCUT2D eigenvalue weighted by Gasteiger charge is -2.20. The Morgan fingerprint density at radius 3 is 3.30 bits per heavy atom. The Labute approximate surface area is 60.1 Å². The van der Waals surface area contributed by atoms with Gasteiger partial charge < -0.3 is 10.1 Å². The fourth-order valence-electron chi connectivity index (χ4n) is 0.891. The number of hydrogen-bond acceptors (Lipinski definition) is 2. The molecule has 0 saturated carbocycles. The monoisotopic (exact) mass is 141 g/mol. The minimum atomic E-state index is -0.300. The van der Waals surface area contributed by atoms with Crippen LogP contribution >= 0.6 is 0 Å². The Bertz CT molecular complexity index is 145. The molecule has 0 bridgehead atoms. The first kappa shape index (κ1) is 7.28. The van der Waals surface area contributed by atoms with Gasteiger partial charge in [-0.1, -0.05) is 6.08 Å². The van der Waals surface area contributed by atoms with Crippen molar-refractivity contribution >= 4 is 5.91 Å². The molecule has 1 rings (SSSR count). The van der Waals surface area contributed by atoms with Crippen LogP contribution in [0.3, 0.4) is 0 Å². The Morgan fingerprint density at radius 1 is 1.90 bits per heavy atom. The van der Waals surface area contributed by atoms with Crippen LogP contribution in [0.2, 0.25) is 0 Å². The van der Waals surface area contributed by atoms with E-state index in [1.165, 1.54) is 0 Å². The Kier molecular flexibility index (Phi) is 2.45. The standard InChI is InChI=1S/C7H11NO2/c1-2-3-6-7(9)8-4-5-10-6/h2,6H,1,3-5H2,(H,8,9). The molecule has 0 aromatic rings. The van der Waals surface area contributed by atoms with E-state index in [4.69, 9.17) is 4.74 Å². The van der Waals surface area contributed by atoms with Gasteiger partial charge in [0.05, 0.1) is 6.61 Å². The quantitative estimate of drug-likeness (QED) is 0.553. The Balaban J connectivity index is 2.39. The maximum atomic E-state index is 10.9. The average Bonchev–Trinajstić information content (AvgIpc) is 1.94. The summed E-state index contributed by atoms with van der Waals surface area (Å²) in [5.41, 5.74) is 0. The highest BCUT2D eigenvalue weighted by atomic mass is 16.5. The maximum absolute atomic E-state index is 10.9. The maximum Gasteiger partial charge on any atom is 0.249 e. The number of ether oxygens (including phenoxy) is 1. The number of carbonyl (C=O) groups excluding carboxylic acids is 1. The Morgan fingerprint density at radius 2 is 2.70 bits per heavy atom. The first-order valence-electron chi connectivity index (χ1n) is 3.35. The molecule has 1 aliphatic heterocycles. The second-order valence-electron chi connectivity index (χ2n) is 2.17. The number of amides is 1. The molecule has 0 aromatic carbocycles. The highest BCUT2D eigenvalue weighted by Crippen LogP contribution is 2.02. The summed E-state index contributed by atoms with van der Waals surface area (Å²) < 4.78 is 5.15. The van der Waals surface area contributed by atoms with Crippen LogP contribution in [0.4, 0.5) is 0 Å². The van der Waals surface area contributed by atoms with Crippen molar-refractivity contribution in [2.45, 2.75) is 12.5 Å². The highest BCUT2D eigenvalue weighted by molar-refractivity contribution is 5.81. The fourth-order valence-corrected chi connectivity index (χ4v) is 0.891. The van der Waals surface area contributed by atoms with Crippen molar-refractivity contribution in [1.29, 1.82) is 0 Å². The molecule has 0 radical (unpaired) electrons. The second-order valence-corrected chi connectivity index (χ2v) is 2.17. The summed E-state index contributed by atoms with van der Waals surface area (Å²) in [5, 5.41) is 2.71. The fraction of sp³-hybridized carbons (Fsp3) is 0.571. The van der Waals surface area contributed by atoms with Gasteiger partial charge in [0, 0.05) is 13.0 Å². The molecule has 3 nitrogen and oxygen atoms in total. The van der Waals surface area contributed by atoms with Crippen molar-refractivity contribution in [2.75, 3.05) is 13.2 Å². The van der Waals surface area contributed by atoms with Crippen molar-refractivity contribution in [3.8, 4) is 0 Å². The number of nitrogens with one attached hydrogen (secondary N) is 1. The van der Waals surface area contributed by atoms with Gasteiger partial charge >= 0.3 is 0 Å². The van der Waals surface area contributed by atoms with Gasteiger partial charge in [-0.15, -0.1) is 6.58 Å². The summed E-state index contributed by atoms with van der Waals surface area (Å²) in [7, 11) is 0. The third-order valence-corrected chi connectivity index (χ3v) is 1.39. The van der Waals surface area contributed by atoms with Gasteiger partial charge in [-0.2, -0.15) is 0 Å². The molecular formula is C7H11NO2. The van der Waals surface area contributed by atoms with Crippen molar-refractivity contribution in [3.63, 3.8) is 0 Å². The molecule has 1 unspecified atom stereocenters. The van der Waals surface area contributed by atoms with E-state index >= 15 is 0 Å². The van der Waals surface area contributed by atoms with Gasteiger partial charge in [0.1, 0.15) is 6.10 Å². The van der Waals surface area contributed by atoms with Crippen LogP contribution in [0.15, 0.2) is 12.7 Å². The minimum absolute atomic E-state index is 0.0221. The second kappa shape index (κ2) is 3.37. The topological polar surface area (TPSA) is 38.3 Å². The molecule has 1 heterocycles. The lowest BCUT2D eigenvalue weighted by molar-refractivity contribution is -0.137. The normalized spacial score (nSPS) is 25.6. The molecule has 1 N–H and O–H groups in total. The summed E-state index contributed by atoms with van der Waals surface area (Å²) in [6.45, 7) is 4.78. The molecule has 10 heavy (non-hydrogen) atoms. The van der Waals surface area contributed by atoms with E-state index in [2.05, 4.69) is 11.9 Å². The van der Waals surface area contributed by atoms with E-state index in [0.29, 0.717) is 19.6 Å². The molecule has 3 heteroatoms. The summed E-state index contributed by atoms with van der Waals surface area (Å²) in [4.78, 5) is 10.9. The van der Waals surface area contributed by atoms with E-state index in [-0.39, 0.29) is 12.0 Å². The minimum Gasteiger partial charge on any atom is -0.366 e. The summed E-state index contributed by atoms with van der Waals surface area (Å²) >= 11 is 0. The predicted octanol–water partition coefficient (Wildman–Crippen LogP) is 0.0775. The van der Waals surface area contributed by atoms with Crippen LogP contribution < -0.4 is 5.32 Å². The van der Waals surface area contributed by atoms with Gasteiger partial charge in [-0.25, -0.2) is 0 Å². The van der Waals surface area contributed by atoms with Crippen LogP contribution in [0.5, 0.6) is 0 Å². The summed E-state index contributed by atoms with van der Waals surface area (Å²) in [6.07, 6.45) is 1.99. The molecule has 1 amide bonds. The summed E-state index contributed by atoms with van der Waals surface area (Å²) in [5.74, 6) is -0.0221. The zero-order valence-corrected chi connectivity index (χ0v) is 5.80. The lowest BCUT2D eigenvalue weighted by Crippen LogP contribution is -2.43. The molecule has 0 aromatic heterocycles. The Hall–Kier alpha value is -0.830. The van der Waals surface area contributed by atoms with Gasteiger partial charge in [-0.05, 0) is 0 Å². The van der Waals surface area contributed by atoms with Crippen molar-refractivity contribution in [2.24, 2.45) is 0 Å². The molecule has 1 atom stereocenters. The van der Waals surface area contributed by atoms with Crippen LogP contribution in [-0.4, -0.2) is 25.2 Å². The van der Waals surface area contributed by atoms with Crippen LogP contribution in [0, 0.1) is 0 Å². The predicted molar refractivity (Wildman–Crippen MR) is 37.6 cm³/mol. The van der Waals surface area contributed by atoms with E-state index in [1.54, 1.807) is 6.08 Å². The highest BCUT2D eigenvalue weighted by Gasteiger charge is 2.20. The SMILES string of the molecule is C=CCC1OCCNC1=O. The van der Waals surface area contributed by atoms with Gasteiger partial charge in [-0.3, -0.25) is 4.79 Å². The largest absolute Gasteiger partial charge is 0.366 e. The van der Waals surface area contributed by atoms with E-state index in [9.17, 15) is 4.79 Å². The number of hydrogen-bond donors (Lipinski definition) is 1. The molecular weight excluding hydrogens is 130 g/mol. The average molecular weight is 141 g/mol. The van der Waals surface area contributed by atoms with E-state index < -0.39 is 0 Å². The van der Waals surface area contributed by atoms with Crippen molar-refractivity contribution in [1.82, 2.24) is 5.32 Å². The zero-order chi connectivity index (χ0) is 7.40. The first-order chi connectivity index (χ1) is 4.84. The number of carbonyl (C=O) groups is 1. The molecule has 56 valence electrons. The van der Waals surface area contributed by atoms with Crippen molar-refractivity contribution in [3.05, 3.63) is 12.7 Å². The molecule has 1 saturated heterocycles. The van der Waals surface area contributed by atoms with Gasteiger partial charge in [0.15, 0.2) is 0 Å². The van der Waals surface area contributed by atoms with E-state index in [0.717, 1.165) is 0 Å². The lowest BCUT2D eigenvalue weighted by atomic mass is 10.2. The third kappa shape index (κ3) is 1.57. The van der Waals surface area contributed by atoms with Crippen molar-refractivity contribution < 1.29 is 9.53 Å². The van der Waals surface area contributed by atoms with Gasteiger partial charge in [0.25, 0.3) is 0 Å². The molecule has 0 aliphatic carbocycles. The zero-order valence-electron chi connectivity index (χ0n) is 5.80. The van der Waals surface area contributed by atoms with E-state index in [1.807, 2.05) is 0 Å². The molecule has 1 fully saturated rings. The first-order valence-corrected chi connectivity index (χ1v) is 3.35. The number of morpholine rings is 1. The molecule has 1 aliphatic rings. The molecule has 0 spiro atoms. The third-order valence-electron chi connectivity index (χ3n) is 1.39. The smallest absolute Gasteiger partial charge is 0.249 e. The van der Waals surface area contributed by atoms with Crippen LogP contribution in [0.1, 0.15) is 6.42 Å². The summed E-state index contributed by atoms with van der Waals surface area (Å²) in [6, 6.07) is 0. The number of rotatable bonds is 2.